The first-order valence-electron chi connectivity index (χ1n) is 11.7. The number of hydrogen-bond acceptors (Lipinski definition) is 8. The first-order chi connectivity index (χ1) is 17.0. The van der Waals surface area contributed by atoms with Gasteiger partial charge in [-0.3, -0.25) is 0 Å². The van der Waals surface area contributed by atoms with Crippen LogP contribution in [-0.4, -0.2) is 72.8 Å². The Morgan fingerprint density at radius 2 is 1.78 bits per heavy atom. The number of hydrogen-bond donors (Lipinski definition) is 3. The Morgan fingerprint density at radius 3 is 2.33 bits per heavy atom. The van der Waals surface area contributed by atoms with Crippen molar-refractivity contribution in [3.05, 3.63) is 70.3 Å². The molecule has 198 valence electrons. The molecule has 0 bridgehead atoms. The Hall–Kier alpha value is -2.75. The monoisotopic (exact) mass is 502 g/mol. The number of aliphatic hydroxyl groups is 3. The van der Waals surface area contributed by atoms with Crippen molar-refractivity contribution >= 4 is 11.5 Å². The maximum atomic E-state index is 12.9. The fourth-order valence-corrected chi connectivity index (χ4v) is 4.18. The van der Waals surface area contributed by atoms with Crippen LogP contribution in [0, 0.1) is 20.8 Å². The van der Waals surface area contributed by atoms with Gasteiger partial charge in [-0.15, -0.1) is 0 Å². The number of esters is 1. The molecule has 1 aromatic rings. The molecular weight excluding hydrogens is 464 g/mol. The van der Waals surface area contributed by atoms with Crippen molar-refractivity contribution in [2.24, 2.45) is 0 Å². The summed E-state index contributed by atoms with van der Waals surface area (Å²) in [7, 11) is 2.93. The van der Waals surface area contributed by atoms with Crippen molar-refractivity contribution in [2.45, 2.75) is 65.3 Å². The van der Waals surface area contributed by atoms with E-state index >= 15 is 0 Å². The largest absolute Gasteiger partial charge is 0.496 e. The normalized spacial score (nSPS) is 25.5. The zero-order chi connectivity index (χ0) is 27.2. The van der Waals surface area contributed by atoms with Crippen molar-refractivity contribution in [1.82, 2.24) is 0 Å². The molecule has 8 heteroatoms. The van der Waals surface area contributed by atoms with Crippen LogP contribution in [0.2, 0.25) is 0 Å². The van der Waals surface area contributed by atoms with Gasteiger partial charge in [0.15, 0.2) is 12.4 Å². The van der Waals surface area contributed by atoms with E-state index in [0.717, 1.165) is 39.1 Å². The van der Waals surface area contributed by atoms with Crippen LogP contribution < -0.4 is 4.74 Å². The lowest BCUT2D eigenvalue weighted by Crippen LogP contribution is -2.60. The highest BCUT2D eigenvalue weighted by molar-refractivity contribution is 5.92. The number of methoxy groups -OCH3 is 2. The van der Waals surface area contributed by atoms with Gasteiger partial charge in [-0.25, -0.2) is 4.79 Å². The number of carbonyl (C=O) groups excluding carboxylic acids is 1. The highest BCUT2D eigenvalue weighted by atomic mass is 16.7. The molecule has 1 heterocycles. The first kappa shape index (κ1) is 29.5. The van der Waals surface area contributed by atoms with Crippen molar-refractivity contribution in [3.63, 3.8) is 0 Å². The predicted octanol–water partition coefficient (Wildman–Crippen LogP) is 3.08. The van der Waals surface area contributed by atoms with Gasteiger partial charge in [-0.05, 0) is 74.1 Å². The third kappa shape index (κ3) is 6.52. The van der Waals surface area contributed by atoms with Gasteiger partial charge in [0.2, 0.25) is 0 Å². The Balaban J connectivity index is 2.48. The molecule has 36 heavy (non-hydrogen) atoms. The molecule has 1 aliphatic rings. The van der Waals surface area contributed by atoms with Crippen LogP contribution in [0.5, 0.6) is 5.75 Å². The number of ether oxygens (including phenoxy) is 4. The van der Waals surface area contributed by atoms with Crippen molar-refractivity contribution in [1.29, 1.82) is 0 Å². The summed E-state index contributed by atoms with van der Waals surface area (Å²) < 4.78 is 21.4. The molecule has 0 unspecified atom stereocenters. The average Bonchev–Trinajstić information content (AvgIpc) is 2.85. The minimum absolute atomic E-state index is 0.537. The second-order valence-electron chi connectivity index (χ2n) is 8.89. The quantitative estimate of drug-likeness (QED) is 0.268. The zero-order valence-corrected chi connectivity index (χ0v) is 22.1. The maximum absolute atomic E-state index is 12.9. The van der Waals surface area contributed by atoms with Gasteiger partial charge in [0.25, 0.3) is 0 Å². The molecule has 0 radical (unpaired) electrons. The van der Waals surface area contributed by atoms with Crippen LogP contribution in [-0.2, 0) is 19.0 Å². The van der Waals surface area contributed by atoms with E-state index in [1.54, 1.807) is 20.1 Å². The predicted molar refractivity (Wildman–Crippen MR) is 138 cm³/mol. The SMILES string of the molecule is C=C/C(C)=C/C=C(/C(C)=C/C(=O)O[C@H]1[C@H](O)[C@@H](O)[C@@H](OC)O[C@@H]1CO)c1c(C)cc(OC)c(C)c1C. The molecule has 1 aromatic carbocycles. The van der Waals surface area contributed by atoms with E-state index in [0.29, 0.717) is 5.57 Å². The lowest BCUT2D eigenvalue weighted by atomic mass is 9.88. The summed E-state index contributed by atoms with van der Waals surface area (Å²) in [6, 6.07) is 1.95. The van der Waals surface area contributed by atoms with Crippen LogP contribution >= 0.6 is 0 Å². The molecule has 8 nitrogen and oxygen atoms in total. The summed E-state index contributed by atoms with van der Waals surface area (Å²) >= 11 is 0. The number of carbonyl (C=O) groups is 1. The number of benzene rings is 1. The summed E-state index contributed by atoms with van der Waals surface area (Å²) in [5.41, 5.74) is 6.28. The number of aliphatic hydroxyl groups excluding tert-OH is 3. The highest BCUT2D eigenvalue weighted by Crippen LogP contribution is 2.35. The van der Waals surface area contributed by atoms with Gasteiger partial charge in [0.1, 0.15) is 24.1 Å². The molecule has 0 amide bonds. The van der Waals surface area contributed by atoms with Gasteiger partial charge >= 0.3 is 5.97 Å². The van der Waals surface area contributed by atoms with E-state index < -0.39 is 43.3 Å². The smallest absolute Gasteiger partial charge is 0.331 e. The molecular formula is C28H38O8. The highest BCUT2D eigenvalue weighted by Gasteiger charge is 2.46. The Kier molecular flexibility index (Phi) is 10.6. The zero-order valence-electron chi connectivity index (χ0n) is 22.1. The Labute approximate surface area is 213 Å². The lowest BCUT2D eigenvalue weighted by Gasteiger charge is -2.40. The van der Waals surface area contributed by atoms with E-state index in [2.05, 4.69) is 6.58 Å². The summed E-state index contributed by atoms with van der Waals surface area (Å²) in [5.74, 6) is 0.0266. The molecule has 0 aliphatic carbocycles. The fourth-order valence-electron chi connectivity index (χ4n) is 4.18. The van der Waals surface area contributed by atoms with Crippen molar-refractivity contribution in [3.8, 4) is 5.75 Å². The van der Waals surface area contributed by atoms with E-state index in [1.165, 1.54) is 13.2 Å². The summed E-state index contributed by atoms with van der Waals surface area (Å²) in [5, 5.41) is 30.4. The molecule has 1 saturated heterocycles. The minimum Gasteiger partial charge on any atom is -0.496 e. The summed E-state index contributed by atoms with van der Waals surface area (Å²) in [6.45, 7) is 12.9. The first-order valence-corrected chi connectivity index (χ1v) is 11.7. The molecule has 5 atom stereocenters. The fraction of sp³-hybridized carbons (Fsp3) is 0.464. The van der Waals surface area contributed by atoms with Crippen molar-refractivity contribution in [2.75, 3.05) is 20.8 Å². The molecule has 1 aliphatic heterocycles. The lowest BCUT2D eigenvalue weighted by molar-refractivity contribution is -0.296. The molecule has 0 saturated carbocycles. The minimum atomic E-state index is -1.50. The Morgan fingerprint density at radius 1 is 1.11 bits per heavy atom. The van der Waals surface area contributed by atoms with Crippen LogP contribution in [0.25, 0.3) is 5.57 Å². The Bertz CT molecular complexity index is 1050. The second-order valence-corrected chi connectivity index (χ2v) is 8.89. The topological polar surface area (TPSA) is 115 Å². The van der Waals surface area contributed by atoms with Crippen LogP contribution in [0.1, 0.15) is 36.1 Å². The molecule has 2 rings (SSSR count). The third-order valence-corrected chi connectivity index (χ3v) is 6.44. The van der Waals surface area contributed by atoms with Gasteiger partial charge < -0.3 is 34.3 Å². The molecule has 0 aromatic heterocycles. The average molecular weight is 503 g/mol. The standard InChI is InChI=1S/C28H38O8/c1-9-15(2)10-11-20(24-17(4)12-21(33-7)18(5)19(24)6)16(3)13-23(30)36-27-22(14-29)35-28(34-8)26(32)25(27)31/h9-13,22,25-29,31-32H,1,14H2,2-8H3/b15-10+,16-13+,20-11-/t22-,25-,26-,27-,28+/m1/s1. The van der Waals surface area contributed by atoms with Gasteiger partial charge in [0, 0.05) is 13.2 Å². The molecule has 1 fully saturated rings. The second kappa shape index (κ2) is 13.0. The summed E-state index contributed by atoms with van der Waals surface area (Å²) in [4.78, 5) is 12.9. The van der Waals surface area contributed by atoms with Crippen LogP contribution in [0.15, 0.2) is 48.1 Å². The van der Waals surface area contributed by atoms with Crippen LogP contribution in [0.3, 0.4) is 0 Å². The maximum Gasteiger partial charge on any atom is 0.331 e. The molecule has 0 spiro atoms. The van der Waals surface area contributed by atoms with Gasteiger partial charge in [-0.2, -0.15) is 0 Å². The van der Waals surface area contributed by atoms with E-state index in [9.17, 15) is 20.1 Å². The number of aryl methyl sites for hydroxylation is 1. The number of allylic oxidation sites excluding steroid dienone is 6. The van der Waals surface area contributed by atoms with E-state index in [-0.39, 0.29) is 0 Å². The number of rotatable bonds is 9. The summed E-state index contributed by atoms with van der Waals surface area (Å²) in [6.07, 6.45) is 0.433. The van der Waals surface area contributed by atoms with Gasteiger partial charge in [-0.1, -0.05) is 30.4 Å². The van der Waals surface area contributed by atoms with E-state index in [4.69, 9.17) is 18.9 Å². The van der Waals surface area contributed by atoms with E-state index in [1.807, 2.05) is 45.9 Å². The third-order valence-electron chi connectivity index (χ3n) is 6.44. The van der Waals surface area contributed by atoms with Crippen molar-refractivity contribution < 1.29 is 39.1 Å². The molecule has 3 N–H and O–H groups in total. The van der Waals surface area contributed by atoms with Gasteiger partial charge in [0.05, 0.1) is 13.7 Å². The van der Waals surface area contributed by atoms with Crippen LogP contribution in [0.4, 0.5) is 0 Å².